The Morgan fingerprint density at radius 1 is 1.18 bits per heavy atom. The number of anilines is 1. The lowest BCUT2D eigenvalue weighted by Gasteiger charge is -2.58. The van der Waals surface area contributed by atoms with Crippen molar-refractivity contribution in [1.29, 1.82) is 0 Å². The van der Waals surface area contributed by atoms with Crippen LogP contribution in [-0.2, 0) is 7.05 Å². The molecule has 8 heteroatoms. The highest BCUT2D eigenvalue weighted by Gasteiger charge is 2.53. The van der Waals surface area contributed by atoms with Gasteiger partial charge in [-0.25, -0.2) is 0 Å². The van der Waals surface area contributed by atoms with Crippen LogP contribution in [0.2, 0.25) is 0 Å². The number of ether oxygens (including phenoxy) is 1. The lowest BCUT2D eigenvalue weighted by atomic mass is 9.62. The summed E-state index contributed by atoms with van der Waals surface area (Å²) in [6.07, 6.45) is 7.90. The van der Waals surface area contributed by atoms with Gasteiger partial charge in [-0.1, -0.05) is 6.07 Å². The molecule has 1 aliphatic carbocycles. The number of hydrogen-bond acceptors (Lipinski definition) is 6. The van der Waals surface area contributed by atoms with Gasteiger partial charge in [0.2, 0.25) is 0 Å². The van der Waals surface area contributed by atoms with E-state index >= 15 is 0 Å². The highest BCUT2D eigenvalue weighted by Crippen LogP contribution is 2.49. The SMILES string of the molecule is Cc1ccc(OC2CC3(C2)CN(CCNc2ccn4cnnc4c2)C3)c2ccn(C)c(=O)c12. The number of hydrogen-bond donors (Lipinski definition) is 1. The molecule has 0 bridgehead atoms. The van der Waals surface area contributed by atoms with Gasteiger partial charge in [-0.15, -0.1) is 10.2 Å². The van der Waals surface area contributed by atoms with Crippen molar-refractivity contribution in [2.24, 2.45) is 12.5 Å². The van der Waals surface area contributed by atoms with Gasteiger partial charge in [0.25, 0.3) is 5.56 Å². The highest BCUT2D eigenvalue weighted by atomic mass is 16.5. The first-order chi connectivity index (χ1) is 16.0. The fourth-order valence-corrected chi connectivity index (χ4v) is 5.47. The fraction of sp³-hybridized carbons (Fsp3) is 0.400. The molecule has 33 heavy (non-hydrogen) atoms. The largest absolute Gasteiger partial charge is 0.490 e. The van der Waals surface area contributed by atoms with E-state index in [4.69, 9.17) is 4.74 Å². The molecule has 0 unspecified atom stereocenters. The van der Waals surface area contributed by atoms with Crippen molar-refractivity contribution in [3.05, 3.63) is 65.0 Å². The molecule has 2 fully saturated rings. The lowest BCUT2D eigenvalue weighted by molar-refractivity contribution is -0.117. The topological polar surface area (TPSA) is 76.7 Å². The second-order valence-corrected chi connectivity index (χ2v) is 9.70. The Hall–Kier alpha value is -3.39. The Morgan fingerprint density at radius 3 is 2.88 bits per heavy atom. The number of likely N-dealkylation sites (tertiary alicyclic amines) is 1. The highest BCUT2D eigenvalue weighted by molar-refractivity contribution is 5.90. The Kier molecular flexibility index (Phi) is 4.65. The molecule has 4 heterocycles. The summed E-state index contributed by atoms with van der Waals surface area (Å²) in [5.41, 5.74) is 3.35. The van der Waals surface area contributed by atoms with E-state index in [2.05, 4.69) is 20.4 Å². The van der Waals surface area contributed by atoms with Crippen LogP contribution in [0.15, 0.2) is 53.8 Å². The number of pyridine rings is 2. The average Bonchev–Trinajstić information content (AvgIpc) is 3.22. The maximum Gasteiger partial charge on any atom is 0.258 e. The third-order valence-electron chi connectivity index (χ3n) is 7.20. The monoisotopic (exact) mass is 444 g/mol. The second-order valence-electron chi connectivity index (χ2n) is 9.70. The molecule has 170 valence electrons. The summed E-state index contributed by atoms with van der Waals surface area (Å²) in [7, 11) is 1.79. The summed E-state index contributed by atoms with van der Waals surface area (Å²) in [6, 6.07) is 10.1. The number of aryl methyl sites for hydroxylation is 2. The van der Waals surface area contributed by atoms with Crippen LogP contribution in [0.1, 0.15) is 18.4 Å². The van der Waals surface area contributed by atoms with E-state index in [9.17, 15) is 4.79 Å². The maximum atomic E-state index is 12.6. The summed E-state index contributed by atoms with van der Waals surface area (Å²) in [6.45, 7) is 6.18. The zero-order valence-corrected chi connectivity index (χ0v) is 19.0. The standard InChI is InChI=1S/C25H28N6O2/c1-17-3-4-21(20-6-8-29(2)24(32)23(17)20)33-19-12-25(13-19)14-30(15-25)10-7-26-18-5-9-31-16-27-28-22(31)11-18/h3-6,8-9,11,16,19,26H,7,10,12-15H2,1-2H3. The zero-order chi connectivity index (χ0) is 22.6. The quantitative estimate of drug-likeness (QED) is 0.493. The van der Waals surface area contributed by atoms with Gasteiger partial charge in [0.15, 0.2) is 5.65 Å². The molecule has 0 radical (unpaired) electrons. The summed E-state index contributed by atoms with van der Waals surface area (Å²) in [4.78, 5) is 15.1. The van der Waals surface area contributed by atoms with Crippen molar-refractivity contribution in [2.75, 3.05) is 31.5 Å². The number of rotatable bonds is 6. The van der Waals surface area contributed by atoms with Crippen molar-refractivity contribution in [3.63, 3.8) is 0 Å². The van der Waals surface area contributed by atoms with E-state index in [0.29, 0.717) is 5.41 Å². The molecule has 3 aromatic heterocycles. The number of nitrogens with zero attached hydrogens (tertiary/aromatic N) is 5. The summed E-state index contributed by atoms with van der Waals surface area (Å²) in [5, 5.41) is 13.2. The van der Waals surface area contributed by atoms with Crippen LogP contribution in [-0.4, -0.2) is 56.3 Å². The average molecular weight is 445 g/mol. The Balaban J connectivity index is 1.01. The molecule has 4 aromatic rings. The van der Waals surface area contributed by atoms with Gasteiger partial charge in [0, 0.05) is 68.2 Å². The normalized spacial score (nSPS) is 17.9. The molecule has 1 aliphatic heterocycles. The van der Waals surface area contributed by atoms with Crippen molar-refractivity contribution in [3.8, 4) is 5.75 Å². The van der Waals surface area contributed by atoms with E-state index in [-0.39, 0.29) is 11.7 Å². The van der Waals surface area contributed by atoms with Crippen LogP contribution in [0.3, 0.4) is 0 Å². The number of aromatic nitrogens is 4. The van der Waals surface area contributed by atoms with Crippen molar-refractivity contribution < 1.29 is 4.74 Å². The molecule has 8 nitrogen and oxygen atoms in total. The lowest BCUT2D eigenvalue weighted by Crippen LogP contribution is -2.65. The van der Waals surface area contributed by atoms with Crippen LogP contribution >= 0.6 is 0 Å². The summed E-state index contributed by atoms with van der Waals surface area (Å²) in [5.74, 6) is 0.832. The van der Waals surface area contributed by atoms with Crippen LogP contribution in [0.5, 0.6) is 5.75 Å². The van der Waals surface area contributed by atoms with Crippen LogP contribution in [0.4, 0.5) is 5.69 Å². The minimum atomic E-state index is 0.0325. The number of fused-ring (bicyclic) bond motifs is 2. The predicted molar refractivity (Wildman–Crippen MR) is 128 cm³/mol. The van der Waals surface area contributed by atoms with E-state index in [0.717, 1.165) is 72.4 Å². The van der Waals surface area contributed by atoms with E-state index in [1.165, 1.54) is 0 Å². The minimum absolute atomic E-state index is 0.0325. The first-order valence-electron chi connectivity index (χ1n) is 11.5. The van der Waals surface area contributed by atoms with Crippen LogP contribution < -0.4 is 15.6 Å². The first-order valence-corrected chi connectivity index (χ1v) is 11.5. The maximum absolute atomic E-state index is 12.6. The predicted octanol–water partition coefficient (Wildman–Crippen LogP) is 2.84. The van der Waals surface area contributed by atoms with Gasteiger partial charge in [-0.3, -0.25) is 9.20 Å². The molecule has 0 amide bonds. The molecular weight excluding hydrogens is 416 g/mol. The first kappa shape index (κ1) is 20.2. The van der Waals surface area contributed by atoms with Gasteiger partial charge in [-0.05, 0) is 43.5 Å². The number of benzene rings is 1. The molecule has 6 rings (SSSR count). The van der Waals surface area contributed by atoms with Gasteiger partial charge >= 0.3 is 0 Å². The molecule has 1 aromatic carbocycles. The molecule has 1 N–H and O–H groups in total. The van der Waals surface area contributed by atoms with Crippen molar-refractivity contribution >= 4 is 22.1 Å². The minimum Gasteiger partial charge on any atom is -0.490 e. The number of nitrogens with one attached hydrogen (secondary N) is 1. The van der Waals surface area contributed by atoms with Crippen molar-refractivity contribution in [2.45, 2.75) is 25.9 Å². The third-order valence-corrected chi connectivity index (χ3v) is 7.20. The molecular formula is C25H28N6O2. The van der Waals surface area contributed by atoms with Crippen LogP contribution in [0.25, 0.3) is 16.4 Å². The Bertz CT molecular complexity index is 1390. The van der Waals surface area contributed by atoms with Gasteiger partial charge in [-0.2, -0.15) is 0 Å². The Morgan fingerprint density at radius 2 is 2.03 bits per heavy atom. The zero-order valence-electron chi connectivity index (χ0n) is 19.0. The molecule has 1 saturated carbocycles. The van der Waals surface area contributed by atoms with E-state index in [1.54, 1.807) is 17.9 Å². The molecule has 1 saturated heterocycles. The molecule has 2 aliphatic rings. The van der Waals surface area contributed by atoms with Crippen LogP contribution in [0, 0.1) is 12.3 Å². The smallest absolute Gasteiger partial charge is 0.258 e. The van der Waals surface area contributed by atoms with Gasteiger partial charge < -0.3 is 19.5 Å². The van der Waals surface area contributed by atoms with E-state index in [1.807, 2.05) is 54.0 Å². The summed E-state index contributed by atoms with van der Waals surface area (Å²) < 4.78 is 9.88. The fourth-order valence-electron chi connectivity index (χ4n) is 5.47. The van der Waals surface area contributed by atoms with Gasteiger partial charge in [0.1, 0.15) is 12.1 Å². The van der Waals surface area contributed by atoms with Gasteiger partial charge in [0.05, 0.1) is 11.5 Å². The van der Waals surface area contributed by atoms with E-state index < -0.39 is 0 Å². The third kappa shape index (κ3) is 3.54. The second kappa shape index (κ2) is 7.59. The summed E-state index contributed by atoms with van der Waals surface area (Å²) >= 11 is 0. The molecule has 0 atom stereocenters. The molecule has 1 spiro atoms. The van der Waals surface area contributed by atoms with Crippen molar-refractivity contribution in [1.82, 2.24) is 24.1 Å². The Labute approximate surface area is 191 Å².